The van der Waals surface area contributed by atoms with E-state index >= 15 is 0 Å². The number of aromatic nitrogens is 1. The van der Waals surface area contributed by atoms with E-state index in [-0.39, 0.29) is 40.4 Å². The minimum atomic E-state index is -1.46. The van der Waals surface area contributed by atoms with E-state index in [2.05, 4.69) is 20.6 Å². The summed E-state index contributed by atoms with van der Waals surface area (Å²) in [5.74, 6) is -2.56. The van der Waals surface area contributed by atoms with Crippen molar-refractivity contribution in [3.63, 3.8) is 0 Å². The number of fused-ring (bicyclic) bond motifs is 1. The number of carbonyl (C=O) groups is 2. The smallest absolute Gasteiger partial charge is 0.269 e. The maximum absolute atomic E-state index is 13.8. The zero-order valence-electron chi connectivity index (χ0n) is 17.7. The number of rotatable bonds is 6. The lowest BCUT2D eigenvalue weighted by molar-refractivity contribution is -0.117. The second kappa shape index (κ2) is 10.6. The number of anilines is 1. The first-order valence-electron chi connectivity index (χ1n) is 10.1. The van der Waals surface area contributed by atoms with Gasteiger partial charge in [-0.1, -0.05) is 53.0 Å². The van der Waals surface area contributed by atoms with Crippen molar-refractivity contribution in [2.75, 3.05) is 18.5 Å². The second-order valence-electron chi connectivity index (χ2n) is 7.21. The Morgan fingerprint density at radius 3 is 2.60 bits per heavy atom. The molecule has 0 spiro atoms. The zero-order valence-corrected chi connectivity index (χ0v) is 20.0. The average Bonchev–Trinajstić information content (AvgIpc) is 2.94. The number of nitrogens with zero attached hydrogens (tertiary/aromatic N) is 2. The first-order valence-corrected chi connectivity index (χ1v) is 11.2. The number of carbonyl (C=O) groups excluding carboxylic acids is 2. The lowest BCUT2D eigenvalue weighted by atomic mass is 10.0. The summed E-state index contributed by atoms with van der Waals surface area (Å²) in [5, 5.41) is 14.8. The van der Waals surface area contributed by atoms with Crippen LogP contribution in [0.2, 0.25) is 15.1 Å². The molecule has 180 valence electrons. The first-order chi connectivity index (χ1) is 16.8. The number of aliphatic imine (C=N–C) groups is 1. The van der Waals surface area contributed by atoms with Crippen molar-refractivity contribution in [2.45, 2.75) is 6.17 Å². The molecule has 35 heavy (non-hydrogen) atoms. The first kappa shape index (κ1) is 24.9. The summed E-state index contributed by atoms with van der Waals surface area (Å²) >= 11 is 18.9. The molecule has 2 amide bonds. The van der Waals surface area contributed by atoms with Gasteiger partial charge in [-0.3, -0.25) is 9.59 Å². The number of benzodiazepines with no additional fused rings is 1. The van der Waals surface area contributed by atoms with Crippen LogP contribution >= 0.6 is 34.8 Å². The van der Waals surface area contributed by atoms with E-state index in [4.69, 9.17) is 44.6 Å². The Morgan fingerprint density at radius 1 is 1.17 bits per heavy atom. The lowest BCUT2D eigenvalue weighted by Crippen LogP contribution is -2.42. The Kier molecular flexibility index (Phi) is 7.51. The summed E-state index contributed by atoms with van der Waals surface area (Å²) in [6.07, 6.45) is -0.596. The van der Waals surface area contributed by atoms with Crippen molar-refractivity contribution in [2.24, 2.45) is 4.99 Å². The van der Waals surface area contributed by atoms with Gasteiger partial charge in [0.15, 0.2) is 0 Å². The summed E-state index contributed by atoms with van der Waals surface area (Å²) in [6.45, 7) is -0.520. The van der Waals surface area contributed by atoms with Gasteiger partial charge in [-0.15, -0.1) is 0 Å². The van der Waals surface area contributed by atoms with Gasteiger partial charge in [0, 0.05) is 16.1 Å². The van der Waals surface area contributed by atoms with E-state index in [0.29, 0.717) is 21.8 Å². The Balaban J connectivity index is 1.78. The number of amides is 2. The van der Waals surface area contributed by atoms with Gasteiger partial charge in [-0.05, 0) is 24.3 Å². The fourth-order valence-electron chi connectivity index (χ4n) is 3.37. The SMILES string of the molecule is O=C(NC1N=C(c2c(Cl)cc(Cl)cc2Cl)c2ccccc2NC1=O)c1cc(F)cnc1OCCO. The molecule has 0 radical (unpaired) electrons. The number of aliphatic hydroxyl groups excluding tert-OH is 1. The molecule has 3 aromatic rings. The molecule has 0 saturated carbocycles. The maximum atomic E-state index is 13.8. The van der Waals surface area contributed by atoms with Crippen LogP contribution in [-0.2, 0) is 4.79 Å². The number of nitrogens with one attached hydrogen (secondary N) is 2. The summed E-state index contributed by atoms with van der Waals surface area (Å²) < 4.78 is 19.1. The maximum Gasteiger partial charge on any atom is 0.269 e. The lowest BCUT2D eigenvalue weighted by Gasteiger charge is -2.15. The molecule has 4 rings (SSSR count). The van der Waals surface area contributed by atoms with Gasteiger partial charge >= 0.3 is 0 Å². The molecule has 2 heterocycles. The molecule has 8 nitrogen and oxygen atoms in total. The van der Waals surface area contributed by atoms with E-state index in [1.54, 1.807) is 24.3 Å². The van der Waals surface area contributed by atoms with Gasteiger partial charge < -0.3 is 20.5 Å². The summed E-state index contributed by atoms with van der Waals surface area (Å²) in [5.41, 5.74) is 1.16. The molecular formula is C23H16Cl3FN4O4. The minimum Gasteiger partial charge on any atom is -0.475 e. The van der Waals surface area contributed by atoms with E-state index in [1.807, 2.05) is 0 Å². The summed E-state index contributed by atoms with van der Waals surface area (Å²) in [6, 6.07) is 10.7. The van der Waals surface area contributed by atoms with Crippen LogP contribution in [-0.4, -0.2) is 47.0 Å². The van der Waals surface area contributed by atoms with Gasteiger partial charge in [-0.25, -0.2) is 14.4 Å². The van der Waals surface area contributed by atoms with Gasteiger partial charge in [-0.2, -0.15) is 0 Å². The Morgan fingerprint density at radius 2 is 1.89 bits per heavy atom. The van der Waals surface area contributed by atoms with Crippen molar-refractivity contribution >= 4 is 58.0 Å². The van der Waals surface area contributed by atoms with Crippen LogP contribution in [0.25, 0.3) is 0 Å². The normalized spacial score (nSPS) is 14.9. The molecule has 0 fully saturated rings. The molecule has 2 aromatic carbocycles. The van der Waals surface area contributed by atoms with Crippen molar-refractivity contribution in [3.8, 4) is 5.88 Å². The van der Waals surface area contributed by atoms with Gasteiger partial charge in [0.2, 0.25) is 12.0 Å². The highest BCUT2D eigenvalue weighted by Crippen LogP contribution is 2.34. The molecule has 1 unspecified atom stereocenters. The fourth-order valence-corrected chi connectivity index (χ4v) is 4.37. The minimum absolute atomic E-state index is 0.173. The van der Waals surface area contributed by atoms with Gasteiger partial charge in [0.25, 0.3) is 11.8 Å². The number of ether oxygens (including phenoxy) is 1. The van der Waals surface area contributed by atoms with Crippen molar-refractivity contribution in [1.82, 2.24) is 10.3 Å². The van der Waals surface area contributed by atoms with E-state index < -0.39 is 23.8 Å². The topological polar surface area (TPSA) is 113 Å². The van der Waals surface area contributed by atoms with Crippen LogP contribution in [0.4, 0.5) is 10.1 Å². The summed E-state index contributed by atoms with van der Waals surface area (Å²) in [4.78, 5) is 34.2. The molecule has 12 heteroatoms. The highest BCUT2D eigenvalue weighted by molar-refractivity contribution is 6.44. The molecule has 0 bridgehead atoms. The van der Waals surface area contributed by atoms with Crippen LogP contribution in [0.1, 0.15) is 21.5 Å². The van der Waals surface area contributed by atoms with E-state index in [1.165, 1.54) is 12.1 Å². The Hall–Kier alpha value is -3.24. The van der Waals surface area contributed by atoms with E-state index in [0.717, 1.165) is 12.3 Å². The third-order valence-corrected chi connectivity index (χ3v) is 5.66. The third-order valence-electron chi connectivity index (χ3n) is 4.85. The van der Waals surface area contributed by atoms with Crippen molar-refractivity contribution < 1.29 is 23.8 Å². The molecule has 1 aromatic heterocycles. The number of pyridine rings is 1. The Bertz CT molecular complexity index is 1330. The van der Waals surface area contributed by atoms with Crippen molar-refractivity contribution in [1.29, 1.82) is 0 Å². The average molecular weight is 538 g/mol. The highest BCUT2D eigenvalue weighted by atomic mass is 35.5. The molecule has 1 atom stereocenters. The zero-order chi connectivity index (χ0) is 25.1. The Labute approximate surface area is 213 Å². The fraction of sp³-hybridized carbons (Fsp3) is 0.130. The largest absolute Gasteiger partial charge is 0.475 e. The van der Waals surface area contributed by atoms with Crippen LogP contribution in [0.3, 0.4) is 0 Å². The summed E-state index contributed by atoms with van der Waals surface area (Å²) in [7, 11) is 0. The standard InChI is InChI=1S/C23H16Cl3FN4O4/c24-11-7-15(25)18(16(26)8-11)19-13-3-1-2-4-17(13)29-22(34)20(30-19)31-21(33)14-9-12(27)10-28-23(14)35-6-5-32/h1-4,7-10,20,32H,5-6H2,(H,29,34)(H,31,33). The number of hydrogen-bond donors (Lipinski definition) is 3. The number of halogens is 4. The molecule has 3 N–H and O–H groups in total. The quantitative estimate of drug-likeness (QED) is 0.438. The molecule has 0 saturated heterocycles. The van der Waals surface area contributed by atoms with Crippen LogP contribution in [0.15, 0.2) is 53.7 Å². The van der Waals surface area contributed by atoms with Crippen LogP contribution < -0.4 is 15.4 Å². The molecule has 1 aliphatic rings. The van der Waals surface area contributed by atoms with Gasteiger partial charge in [0.1, 0.15) is 18.0 Å². The number of hydrogen-bond acceptors (Lipinski definition) is 6. The highest BCUT2D eigenvalue weighted by Gasteiger charge is 2.30. The molecular weight excluding hydrogens is 522 g/mol. The number of aliphatic hydroxyl groups is 1. The predicted molar refractivity (Wildman–Crippen MR) is 130 cm³/mol. The van der Waals surface area contributed by atoms with Crippen LogP contribution in [0, 0.1) is 5.82 Å². The predicted octanol–water partition coefficient (Wildman–Crippen LogP) is 4.10. The number of para-hydroxylation sites is 1. The van der Waals surface area contributed by atoms with E-state index in [9.17, 15) is 14.0 Å². The second-order valence-corrected chi connectivity index (χ2v) is 8.46. The van der Waals surface area contributed by atoms with Gasteiger partial charge in [0.05, 0.1) is 34.2 Å². The molecule has 1 aliphatic heterocycles. The monoisotopic (exact) mass is 536 g/mol. The molecule has 0 aliphatic carbocycles. The van der Waals surface area contributed by atoms with Crippen LogP contribution in [0.5, 0.6) is 5.88 Å². The third kappa shape index (κ3) is 5.38. The number of benzene rings is 2. The van der Waals surface area contributed by atoms with Crippen molar-refractivity contribution in [3.05, 3.63) is 86.2 Å².